The first-order valence-electron chi connectivity index (χ1n) is 6.14. The maximum absolute atomic E-state index is 11.8. The summed E-state index contributed by atoms with van der Waals surface area (Å²) in [6.45, 7) is 3.54. The van der Waals surface area contributed by atoms with Crippen molar-refractivity contribution in [2.75, 3.05) is 7.11 Å². The van der Waals surface area contributed by atoms with Crippen molar-refractivity contribution < 1.29 is 14.5 Å². The van der Waals surface area contributed by atoms with Crippen LogP contribution in [0.25, 0.3) is 6.08 Å². The summed E-state index contributed by atoms with van der Waals surface area (Å²) < 4.78 is 4.89. The van der Waals surface area contributed by atoms with Gasteiger partial charge in [-0.3, -0.25) is 14.9 Å². The van der Waals surface area contributed by atoms with Crippen LogP contribution in [0.2, 0.25) is 0 Å². The number of nitro groups is 1. The molecule has 110 valence electrons. The van der Waals surface area contributed by atoms with Crippen LogP contribution < -0.4 is 10.1 Å². The quantitative estimate of drug-likeness (QED) is 0.386. The third-order valence-electron chi connectivity index (χ3n) is 2.50. The Morgan fingerprint density at radius 2 is 2.19 bits per heavy atom. The van der Waals surface area contributed by atoms with Crippen molar-refractivity contribution in [1.82, 2.24) is 5.32 Å². The number of carbonyl (C=O) groups excluding carboxylic acids is 1. The Hall–Kier alpha value is -2.88. The number of amides is 1. The zero-order chi connectivity index (χ0) is 16.0. The van der Waals surface area contributed by atoms with Gasteiger partial charge in [-0.2, -0.15) is 5.26 Å². The molecule has 0 unspecified atom stereocenters. The van der Waals surface area contributed by atoms with Crippen LogP contribution >= 0.6 is 0 Å². The Balaban J connectivity index is 3.18. The Morgan fingerprint density at radius 1 is 1.52 bits per heavy atom. The lowest BCUT2D eigenvalue weighted by Crippen LogP contribution is -2.30. The molecule has 0 fully saturated rings. The predicted octanol–water partition coefficient (Wildman–Crippen LogP) is 2.03. The van der Waals surface area contributed by atoms with Crippen LogP contribution in [0.4, 0.5) is 5.69 Å². The number of nitro benzene ring substituents is 1. The fourth-order valence-electron chi connectivity index (χ4n) is 1.59. The van der Waals surface area contributed by atoms with Gasteiger partial charge in [-0.05, 0) is 31.6 Å². The second kappa shape index (κ2) is 7.05. The first kappa shape index (κ1) is 16.2. The number of nitrogens with one attached hydrogen (secondary N) is 1. The van der Waals surface area contributed by atoms with Gasteiger partial charge in [-0.25, -0.2) is 0 Å². The normalized spacial score (nSPS) is 10.9. The number of hydrogen-bond acceptors (Lipinski definition) is 5. The van der Waals surface area contributed by atoms with Crippen LogP contribution in [0.1, 0.15) is 19.4 Å². The van der Waals surface area contributed by atoms with E-state index in [4.69, 9.17) is 10.00 Å². The highest BCUT2D eigenvalue weighted by Gasteiger charge is 2.16. The van der Waals surface area contributed by atoms with Crippen molar-refractivity contribution in [3.63, 3.8) is 0 Å². The van der Waals surface area contributed by atoms with E-state index in [2.05, 4.69) is 5.32 Å². The molecule has 7 nitrogen and oxygen atoms in total. The van der Waals surface area contributed by atoms with E-state index in [1.807, 2.05) is 0 Å². The second-order valence-electron chi connectivity index (χ2n) is 4.49. The molecule has 1 amide bonds. The fraction of sp³-hybridized carbons (Fsp3) is 0.286. The number of carbonyl (C=O) groups is 1. The summed E-state index contributed by atoms with van der Waals surface area (Å²) in [6, 6.07) is 5.87. The van der Waals surface area contributed by atoms with Crippen LogP contribution in [0, 0.1) is 21.4 Å². The van der Waals surface area contributed by atoms with E-state index in [0.29, 0.717) is 5.56 Å². The minimum Gasteiger partial charge on any atom is -0.490 e. The molecule has 0 aliphatic carbocycles. The monoisotopic (exact) mass is 289 g/mol. The standard InChI is InChI=1S/C14H15N3O4/c1-9(2)16-14(18)11(8-15)6-10-4-5-13(21-3)12(7-10)17(19)20/h4-7,9H,1-3H3,(H,16,18)/b11-6-. The minimum absolute atomic E-state index is 0.112. The van der Waals surface area contributed by atoms with Gasteiger partial charge in [0.2, 0.25) is 0 Å². The summed E-state index contributed by atoms with van der Waals surface area (Å²) in [5.41, 5.74) is 0.0222. The van der Waals surface area contributed by atoms with Crippen LogP contribution in [0.3, 0.4) is 0 Å². The van der Waals surface area contributed by atoms with Gasteiger partial charge in [0.25, 0.3) is 5.91 Å². The number of methoxy groups -OCH3 is 1. The van der Waals surface area contributed by atoms with E-state index >= 15 is 0 Å². The molecule has 1 aromatic carbocycles. The Bertz CT molecular complexity index is 630. The van der Waals surface area contributed by atoms with Crippen molar-refractivity contribution in [3.8, 4) is 11.8 Å². The molecule has 1 N–H and O–H groups in total. The molecule has 0 saturated carbocycles. The highest BCUT2D eigenvalue weighted by Crippen LogP contribution is 2.28. The highest BCUT2D eigenvalue weighted by molar-refractivity contribution is 6.01. The summed E-state index contributed by atoms with van der Waals surface area (Å²) >= 11 is 0. The van der Waals surface area contributed by atoms with Crippen molar-refractivity contribution in [2.24, 2.45) is 0 Å². The van der Waals surface area contributed by atoms with Gasteiger partial charge < -0.3 is 10.1 Å². The van der Waals surface area contributed by atoms with Gasteiger partial charge in [0, 0.05) is 12.1 Å². The van der Waals surface area contributed by atoms with E-state index < -0.39 is 10.8 Å². The smallest absolute Gasteiger partial charge is 0.311 e. The average molecular weight is 289 g/mol. The summed E-state index contributed by atoms with van der Waals surface area (Å²) in [6.07, 6.45) is 1.30. The number of nitriles is 1. The van der Waals surface area contributed by atoms with Crippen LogP contribution in [0.15, 0.2) is 23.8 Å². The molecular weight excluding hydrogens is 274 g/mol. The van der Waals surface area contributed by atoms with Gasteiger partial charge in [0.15, 0.2) is 5.75 Å². The van der Waals surface area contributed by atoms with Gasteiger partial charge in [-0.1, -0.05) is 6.07 Å². The summed E-state index contributed by atoms with van der Waals surface area (Å²) in [7, 11) is 1.33. The van der Waals surface area contributed by atoms with Gasteiger partial charge in [-0.15, -0.1) is 0 Å². The highest BCUT2D eigenvalue weighted by atomic mass is 16.6. The van der Waals surface area contributed by atoms with Crippen molar-refractivity contribution in [2.45, 2.75) is 19.9 Å². The molecule has 21 heavy (non-hydrogen) atoms. The molecule has 0 heterocycles. The molecule has 0 spiro atoms. The zero-order valence-electron chi connectivity index (χ0n) is 11.9. The summed E-state index contributed by atoms with van der Waals surface area (Å²) in [5.74, 6) is -0.409. The first-order valence-corrected chi connectivity index (χ1v) is 6.14. The molecule has 0 aromatic heterocycles. The molecule has 0 bridgehead atoms. The predicted molar refractivity (Wildman–Crippen MR) is 76.5 cm³/mol. The minimum atomic E-state index is -0.587. The van der Waals surface area contributed by atoms with E-state index in [-0.39, 0.29) is 23.1 Å². The van der Waals surface area contributed by atoms with Crippen LogP contribution in [0.5, 0.6) is 5.75 Å². The van der Waals surface area contributed by atoms with E-state index in [1.54, 1.807) is 19.9 Å². The topological polar surface area (TPSA) is 105 Å². The molecule has 1 aromatic rings. The molecule has 0 aliphatic rings. The Labute approximate surface area is 122 Å². The SMILES string of the molecule is COc1ccc(/C=C(/C#N)C(=O)NC(C)C)cc1[N+](=O)[O-]. The lowest BCUT2D eigenvalue weighted by molar-refractivity contribution is -0.385. The third kappa shape index (κ3) is 4.31. The molecular formula is C14H15N3O4. The number of benzene rings is 1. The van der Waals surface area contributed by atoms with Crippen molar-refractivity contribution in [3.05, 3.63) is 39.4 Å². The van der Waals surface area contributed by atoms with Crippen molar-refractivity contribution >= 4 is 17.7 Å². The van der Waals surface area contributed by atoms with Gasteiger partial charge >= 0.3 is 5.69 Å². The summed E-state index contributed by atoms with van der Waals surface area (Å²) in [5, 5.41) is 22.5. The maximum Gasteiger partial charge on any atom is 0.311 e. The molecule has 0 aliphatic heterocycles. The summed E-state index contributed by atoms with van der Waals surface area (Å²) in [4.78, 5) is 22.1. The number of rotatable bonds is 5. The number of nitrogens with zero attached hydrogens (tertiary/aromatic N) is 2. The second-order valence-corrected chi connectivity index (χ2v) is 4.49. The number of ether oxygens (including phenoxy) is 1. The van der Waals surface area contributed by atoms with Crippen molar-refractivity contribution in [1.29, 1.82) is 5.26 Å². The molecule has 0 atom stereocenters. The van der Waals surface area contributed by atoms with E-state index in [1.165, 1.54) is 31.4 Å². The Kier molecular flexibility index (Phi) is 5.43. The third-order valence-corrected chi connectivity index (χ3v) is 2.50. The van der Waals surface area contributed by atoms with E-state index in [9.17, 15) is 14.9 Å². The van der Waals surface area contributed by atoms with Gasteiger partial charge in [0.05, 0.1) is 12.0 Å². The largest absolute Gasteiger partial charge is 0.490 e. The molecule has 0 saturated heterocycles. The molecule has 7 heteroatoms. The van der Waals surface area contributed by atoms with Gasteiger partial charge in [0.1, 0.15) is 11.6 Å². The molecule has 1 rings (SSSR count). The fourth-order valence-corrected chi connectivity index (χ4v) is 1.59. The van der Waals surface area contributed by atoms with Crippen LogP contribution in [-0.2, 0) is 4.79 Å². The molecule has 0 radical (unpaired) electrons. The average Bonchev–Trinajstić information content (AvgIpc) is 2.43. The Morgan fingerprint density at radius 3 is 2.67 bits per heavy atom. The maximum atomic E-state index is 11.8. The zero-order valence-corrected chi connectivity index (χ0v) is 11.9. The van der Waals surface area contributed by atoms with E-state index in [0.717, 1.165) is 0 Å². The lowest BCUT2D eigenvalue weighted by atomic mass is 10.1. The van der Waals surface area contributed by atoms with Crippen LogP contribution in [-0.4, -0.2) is 24.0 Å². The number of hydrogen-bond donors (Lipinski definition) is 1. The lowest BCUT2D eigenvalue weighted by Gasteiger charge is -2.07. The first-order chi connectivity index (χ1) is 9.88.